The summed E-state index contributed by atoms with van der Waals surface area (Å²) < 4.78 is 12.3. The van der Waals surface area contributed by atoms with Crippen molar-refractivity contribution in [3.8, 4) is 0 Å². The molecule has 4 atom stereocenters. The number of hydrogen-bond acceptors (Lipinski definition) is 10. The maximum absolute atomic E-state index is 14.9. The summed E-state index contributed by atoms with van der Waals surface area (Å²) in [5, 5.41) is 16.8. The van der Waals surface area contributed by atoms with Crippen LogP contribution in [0.2, 0.25) is 0 Å². The second-order valence-corrected chi connectivity index (χ2v) is 19.7. The van der Waals surface area contributed by atoms with Gasteiger partial charge < -0.3 is 45.9 Å². The fourth-order valence-corrected chi connectivity index (χ4v) is 8.46. The Labute approximate surface area is 437 Å². The molecule has 6 amide bonds. The van der Waals surface area contributed by atoms with Gasteiger partial charge in [0.25, 0.3) is 0 Å². The standard InChI is InChI=1S/C58H66N8O9/c1-56(2,3)75-55(73)63-46(35-44-37-59-38-66(44)6)50(68)60-45(33-39-23-13-8-14-24-39)52(70)65-57(4,5)54(72)62-47(51(69)61-48(53(71)74-7)34-40-25-15-9-16-26-40)36-49(67)64-58(41-27-17-10-18-28-41,42-29-19-11-20-30-42)43-31-21-12-22-32-43/h8-32,37-38,45-48H,33-36H2,1-7H3,(H,60,68)(H,61,69)(H,62,72)(H,63,73)(H,64,67)(H,65,70)/t45-,46-,47-,48-/m0/s1. The molecule has 5 aromatic carbocycles. The summed E-state index contributed by atoms with van der Waals surface area (Å²) in [7, 11) is 2.92. The van der Waals surface area contributed by atoms with E-state index in [0.29, 0.717) is 33.5 Å². The SMILES string of the molecule is COC(=O)[C@H](Cc1ccccc1)NC(=O)[C@H](CC(=O)NC(c1ccccc1)(c1ccccc1)c1ccccc1)NC(=O)C(C)(C)NC(=O)[C@H](Cc1ccccc1)NC(=O)[C@H](Cc1cncn1C)NC(=O)OC(C)(C)C. The number of carbonyl (C=O) groups excluding carboxylic acids is 7. The predicted octanol–water partition coefficient (Wildman–Crippen LogP) is 5.36. The molecule has 392 valence electrons. The number of carbonyl (C=O) groups is 7. The lowest BCUT2D eigenvalue weighted by Gasteiger charge is -2.37. The third kappa shape index (κ3) is 15.5. The molecule has 6 rings (SSSR count). The Morgan fingerprint density at radius 1 is 0.533 bits per heavy atom. The van der Waals surface area contributed by atoms with Gasteiger partial charge in [-0.1, -0.05) is 152 Å². The van der Waals surface area contributed by atoms with Crippen molar-refractivity contribution >= 4 is 41.6 Å². The number of amides is 6. The number of aryl methyl sites for hydroxylation is 1. The summed E-state index contributed by atoms with van der Waals surface area (Å²) in [6.07, 6.45) is 1.58. The first-order valence-corrected chi connectivity index (χ1v) is 24.6. The van der Waals surface area contributed by atoms with Crippen molar-refractivity contribution in [2.75, 3.05) is 7.11 Å². The monoisotopic (exact) mass is 1020 g/mol. The van der Waals surface area contributed by atoms with E-state index in [9.17, 15) is 33.6 Å². The van der Waals surface area contributed by atoms with Crippen LogP contribution >= 0.6 is 0 Å². The molecule has 0 unspecified atom stereocenters. The number of nitrogens with one attached hydrogen (secondary N) is 6. The van der Waals surface area contributed by atoms with E-state index in [4.69, 9.17) is 9.47 Å². The van der Waals surface area contributed by atoms with Gasteiger partial charge in [0.15, 0.2) is 0 Å². The highest BCUT2D eigenvalue weighted by molar-refractivity contribution is 5.99. The molecule has 0 fully saturated rings. The molecule has 0 saturated carbocycles. The average molecular weight is 1020 g/mol. The summed E-state index contributed by atoms with van der Waals surface area (Å²) in [6, 6.07) is 40.4. The minimum Gasteiger partial charge on any atom is -0.467 e. The molecule has 6 N–H and O–H groups in total. The summed E-state index contributed by atoms with van der Waals surface area (Å²) >= 11 is 0. The molecule has 17 nitrogen and oxygen atoms in total. The molecule has 0 saturated heterocycles. The molecule has 1 aromatic heterocycles. The minimum atomic E-state index is -1.82. The molecule has 75 heavy (non-hydrogen) atoms. The number of imidazole rings is 1. The first-order valence-electron chi connectivity index (χ1n) is 24.6. The molecular formula is C58H66N8O9. The Hall–Kier alpha value is -8.60. The van der Waals surface area contributed by atoms with Gasteiger partial charge in [-0.15, -0.1) is 0 Å². The lowest BCUT2D eigenvalue weighted by Crippen LogP contribution is -2.63. The fourth-order valence-electron chi connectivity index (χ4n) is 8.46. The Bertz CT molecular complexity index is 2780. The highest BCUT2D eigenvalue weighted by Crippen LogP contribution is 2.37. The van der Waals surface area contributed by atoms with Crippen LogP contribution in [0.5, 0.6) is 0 Å². The molecule has 0 spiro atoms. The van der Waals surface area contributed by atoms with Crippen LogP contribution in [0.3, 0.4) is 0 Å². The zero-order chi connectivity index (χ0) is 54.2. The Kier molecular flexibility index (Phi) is 18.8. The van der Waals surface area contributed by atoms with Crippen LogP contribution in [0.15, 0.2) is 164 Å². The van der Waals surface area contributed by atoms with E-state index in [2.05, 4.69) is 36.9 Å². The van der Waals surface area contributed by atoms with Crippen LogP contribution in [0.1, 0.15) is 74.6 Å². The second-order valence-electron chi connectivity index (χ2n) is 19.7. The van der Waals surface area contributed by atoms with E-state index < -0.39 is 88.9 Å². The summed E-state index contributed by atoms with van der Waals surface area (Å²) in [5.74, 6) is -4.69. The third-order valence-corrected chi connectivity index (χ3v) is 12.3. The first-order chi connectivity index (χ1) is 35.8. The predicted molar refractivity (Wildman–Crippen MR) is 282 cm³/mol. The number of benzene rings is 5. The summed E-state index contributed by atoms with van der Waals surface area (Å²) in [5.41, 5.74) is 0.0999. The topological polar surface area (TPSA) is 228 Å². The first kappa shape index (κ1) is 55.7. The van der Waals surface area contributed by atoms with Crippen molar-refractivity contribution in [3.05, 3.63) is 198 Å². The molecule has 1 heterocycles. The molecular weight excluding hydrogens is 953 g/mol. The van der Waals surface area contributed by atoms with Crippen LogP contribution < -0.4 is 31.9 Å². The molecule has 6 aromatic rings. The molecule has 0 aliphatic heterocycles. The van der Waals surface area contributed by atoms with Crippen LogP contribution in [0, 0.1) is 0 Å². The van der Waals surface area contributed by atoms with E-state index in [0.717, 1.165) is 0 Å². The van der Waals surface area contributed by atoms with Crippen LogP contribution in [0.4, 0.5) is 4.79 Å². The van der Waals surface area contributed by atoms with Crippen LogP contribution in [-0.2, 0) is 70.1 Å². The zero-order valence-corrected chi connectivity index (χ0v) is 43.3. The number of hydrogen-bond donors (Lipinski definition) is 6. The van der Waals surface area contributed by atoms with E-state index in [-0.39, 0.29) is 19.3 Å². The quantitative estimate of drug-likeness (QED) is 0.0377. The van der Waals surface area contributed by atoms with Gasteiger partial charge >= 0.3 is 12.1 Å². The molecule has 0 bridgehead atoms. The molecule has 0 aliphatic carbocycles. The lowest BCUT2D eigenvalue weighted by molar-refractivity contribution is -0.145. The van der Waals surface area contributed by atoms with E-state index >= 15 is 0 Å². The van der Waals surface area contributed by atoms with Gasteiger partial charge in [-0.05, 0) is 62.4 Å². The number of alkyl carbamates (subject to hydrolysis) is 1. The average Bonchev–Trinajstić information content (AvgIpc) is 3.80. The van der Waals surface area contributed by atoms with Crippen LogP contribution in [0.25, 0.3) is 0 Å². The number of ether oxygens (including phenoxy) is 2. The van der Waals surface area contributed by atoms with Crippen LogP contribution in [-0.4, -0.2) is 93.6 Å². The minimum absolute atomic E-state index is 0.0163. The Morgan fingerprint density at radius 3 is 1.43 bits per heavy atom. The van der Waals surface area contributed by atoms with E-state index in [1.807, 2.05) is 97.1 Å². The van der Waals surface area contributed by atoms with E-state index in [1.54, 1.807) is 99.5 Å². The molecule has 0 radical (unpaired) electrons. The van der Waals surface area contributed by atoms with Crippen molar-refractivity contribution in [1.82, 2.24) is 41.5 Å². The second kappa shape index (κ2) is 25.4. The molecule has 0 aliphatic rings. The lowest BCUT2D eigenvalue weighted by atomic mass is 9.77. The number of aromatic nitrogens is 2. The van der Waals surface area contributed by atoms with Gasteiger partial charge in [-0.25, -0.2) is 14.6 Å². The maximum atomic E-state index is 14.9. The molecule has 17 heteroatoms. The number of esters is 1. The fraction of sp³-hybridized carbons (Fsp3) is 0.310. The van der Waals surface area contributed by atoms with Crippen molar-refractivity contribution in [2.24, 2.45) is 7.05 Å². The van der Waals surface area contributed by atoms with Crippen molar-refractivity contribution < 1.29 is 43.0 Å². The normalized spacial score (nSPS) is 13.1. The largest absolute Gasteiger partial charge is 0.467 e. The van der Waals surface area contributed by atoms with Gasteiger partial charge in [-0.2, -0.15) is 0 Å². The highest BCUT2D eigenvalue weighted by Gasteiger charge is 2.41. The van der Waals surface area contributed by atoms with Gasteiger partial charge in [0.05, 0.1) is 19.9 Å². The van der Waals surface area contributed by atoms with Gasteiger partial charge in [0, 0.05) is 38.2 Å². The van der Waals surface area contributed by atoms with Crippen molar-refractivity contribution in [1.29, 1.82) is 0 Å². The zero-order valence-electron chi connectivity index (χ0n) is 43.3. The number of rotatable bonds is 22. The highest BCUT2D eigenvalue weighted by atomic mass is 16.6. The van der Waals surface area contributed by atoms with Crippen molar-refractivity contribution in [3.63, 3.8) is 0 Å². The van der Waals surface area contributed by atoms with Gasteiger partial charge in [0.2, 0.25) is 29.5 Å². The summed E-state index contributed by atoms with van der Waals surface area (Å²) in [4.78, 5) is 104. The number of methoxy groups -OCH3 is 1. The Morgan fingerprint density at radius 2 is 0.973 bits per heavy atom. The van der Waals surface area contributed by atoms with E-state index in [1.165, 1.54) is 21.0 Å². The smallest absolute Gasteiger partial charge is 0.408 e. The Balaban J connectivity index is 1.31. The van der Waals surface area contributed by atoms with Crippen molar-refractivity contribution in [2.45, 2.75) is 101 Å². The maximum Gasteiger partial charge on any atom is 0.408 e. The number of nitrogens with zero attached hydrogens (tertiary/aromatic N) is 2. The third-order valence-electron chi connectivity index (χ3n) is 12.3. The van der Waals surface area contributed by atoms with Gasteiger partial charge in [0.1, 0.15) is 40.8 Å². The van der Waals surface area contributed by atoms with Gasteiger partial charge in [-0.3, -0.25) is 24.0 Å². The summed E-state index contributed by atoms with van der Waals surface area (Å²) in [6.45, 7) is 7.87.